The van der Waals surface area contributed by atoms with Crippen LogP contribution >= 0.6 is 0 Å². The Hall–Kier alpha value is -1.82. The maximum absolute atomic E-state index is 12.5. The molecular formula is C15H20N2O3S. The maximum atomic E-state index is 12.5. The highest BCUT2D eigenvalue weighted by molar-refractivity contribution is 7.92. The first-order chi connectivity index (χ1) is 9.55. The molecule has 1 N–H and O–H groups in total. The molecule has 114 valence electrons. The van der Waals surface area contributed by atoms with Gasteiger partial charge in [-0.1, -0.05) is 12.1 Å². The van der Waals surface area contributed by atoms with Gasteiger partial charge in [0.1, 0.15) is 5.69 Å². The van der Waals surface area contributed by atoms with Crippen LogP contribution in [-0.2, 0) is 16.9 Å². The predicted octanol–water partition coefficient (Wildman–Crippen LogP) is 2.67. The molecule has 0 fully saturated rings. The zero-order valence-electron chi connectivity index (χ0n) is 12.9. The summed E-state index contributed by atoms with van der Waals surface area (Å²) < 4.78 is 25.7. The Labute approximate surface area is 125 Å². The molecule has 1 aromatic carbocycles. The summed E-state index contributed by atoms with van der Waals surface area (Å²) in [5.74, 6) is 0.0720. The van der Waals surface area contributed by atoms with Crippen molar-refractivity contribution in [3.8, 4) is 17.0 Å². The lowest BCUT2D eigenvalue weighted by molar-refractivity contribution is 0.471. The molecule has 0 aliphatic rings. The second-order valence-electron chi connectivity index (χ2n) is 6.05. The van der Waals surface area contributed by atoms with Crippen molar-refractivity contribution >= 4 is 9.84 Å². The molecule has 0 saturated heterocycles. The first kappa shape index (κ1) is 15.6. The summed E-state index contributed by atoms with van der Waals surface area (Å²) >= 11 is 0. The van der Waals surface area contributed by atoms with E-state index in [1.54, 1.807) is 63.7 Å². The Balaban J connectivity index is 2.61. The Bertz CT molecular complexity index is 784. The number of benzene rings is 1. The molecule has 6 heteroatoms. The van der Waals surface area contributed by atoms with Gasteiger partial charge < -0.3 is 5.11 Å². The quantitative estimate of drug-likeness (QED) is 0.926. The number of sulfone groups is 1. The van der Waals surface area contributed by atoms with E-state index in [4.69, 9.17) is 0 Å². The van der Waals surface area contributed by atoms with Crippen LogP contribution in [0.5, 0.6) is 5.75 Å². The van der Waals surface area contributed by atoms with Crippen LogP contribution in [0.2, 0.25) is 0 Å². The molecule has 0 radical (unpaired) electrons. The highest BCUT2D eigenvalue weighted by Crippen LogP contribution is 2.33. The van der Waals surface area contributed by atoms with Gasteiger partial charge in [-0.15, -0.1) is 0 Å². The molecule has 0 amide bonds. The number of hydrogen-bond donors (Lipinski definition) is 1. The number of rotatable bonds is 2. The van der Waals surface area contributed by atoms with Crippen molar-refractivity contribution in [3.05, 3.63) is 30.0 Å². The van der Waals surface area contributed by atoms with Crippen LogP contribution in [0.15, 0.2) is 29.2 Å². The van der Waals surface area contributed by atoms with Gasteiger partial charge in [-0.05, 0) is 39.8 Å². The van der Waals surface area contributed by atoms with Crippen LogP contribution in [0.25, 0.3) is 11.3 Å². The monoisotopic (exact) mass is 308 g/mol. The Morgan fingerprint density at radius 2 is 1.86 bits per heavy atom. The highest BCUT2D eigenvalue weighted by Gasteiger charge is 2.31. The lowest BCUT2D eigenvalue weighted by atomic mass is 10.1. The Morgan fingerprint density at radius 3 is 2.33 bits per heavy atom. The molecule has 2 rings (SSSR count). The zero-order chi connectivity index (χ0) is 16.0. The van der Waals surface area contributed by atoms with E-state index < -0.39 is 14.6 Å². The molecular weight excluding hydrogens is 288 g/mol. The van der Waals surface area contributed by atoms with Gasteiger partial charge in [0, 0.05) is 12.6 Å². The molecule has 0 aliphatic heterocycles. The van der Waals surface area contributed by atoms with E-state index in [2.05, 4.69) is 5.10 Å². The summed E-state index contributed by atoms with van der Waals surface area (Å²) in [7, 11) is -1.71. The number of aromatic nitrogens is 2. The molecule has 0 aliphatic carbocycles. The van der Waals surface area contributed by atoms with Gasteiger partial charge in [0.25, 0.3) is 0 Å². The van der Waals surface area contributed by atoms with E-state index in [-0.39, 0.29) is 10.6 Å². The van der Waals surface area contributed by atoms with Crippen molar-refractivity contribution in [1.82, 2.24) is 9.78 Å². The van der Waals surface area contributed by atoms with E-state index in [1.165, 1.54) is 0 Å². The highest BCUT2D eigenvalue weighted by atomic mass is 32.2. The van der Waals surface area contributed by atoms with Crippen molar-refractivity contribution in [2.75, 3.05) is 0 Å². The van der Waals surface area contributed by atoms with Gasteiger partial charge in [-0.25, -0.2) is 8.42 Å². The van der Waals surface area contributed by atoms with Crippen LogP contribution in [-0.4, -0.2) is 28.1 Å². The number of nitrogens with zero attached hydrogens (tertiary/aromatic N) is 2. The summed E-state index contributed by atoms with van der Waals surface area (Å²) in [5.41, 5.74) is 1.61. The van der Waals surface area contributed by atoms with Crippen molar-refractivity contribution in [1.29, 1.82) is 0 Å². The fourth-order valence-corrected chi connectivity index (χ4v) is 3.20. The first-order valence-electron chi connectivity index (χ1n) is 6.63. The molecule has 0 bridgehead atoms. The smallest absolute Gasteiger partial charge is 0.183 e. The van der Waals surface area contributed by atoms with Crippen molar-refractivity contribution < 1.29 is 13.5 Å². The van der Waals surface area contributed by atoms with E-state index >= 15 is 0 Å². The summed E-state index contributed by atoms with van der Waals surface area (Å²) in [6.45, 7) is 6.74. The second kappa shape index (κ2) is 4.87. The van der Waals surface area contributed by atoms with Gasteiger partial charge in [0.2, 0.25) is 0 Å². The maximum Gasteiger partial charge on any atom is 0.183 e. The third kappa shape index (κ3) is 2.55. The van der Waals surface area contributed by atoms with Gasteiger partial charge in [-0.3, -0.25) is 4.68 Å². The molecule has 2 aromatic rings. The number of aromatic hydroxyl groups is 1. The molecule has 0 unspecified atom stereocenters. The molecule has 21 heavy (non-hydrogen) atoms. The lowest BCUT2D eigenvalue weighted by Crippen LogP contribution is -2.27. The number of hydrogen-bond acceptors (Lipinski definition) is 4. The average Bonchev–Trinajstić information content (AvgIpc) is 2.65. The van der Waals surface area contributed by atoms with Crippen molar-refractivity contribution in [2.24, 2.45) is 7.05 Å². The fourth-order valence-electron chi connectivity index (χ4n) is 1.96. The molecule has 5 nitrogen and oxygen atoms in total. The van der Waals surface area contributed by atoms with Gasteiger partial charge in [0.15, 0.2) is 15.6 Å². The van der Waals surface area contributed by atoms with E-state index in [9.17, 15) is 13.5 Å². The van der Waals surface area contributed by atoms with Gasteiger partial charge in [-0.2, -0.15) is 5.10 Å². The van der Waals surface area contributed by atoms with Gasteiger partial charge >= 0.3 is 0 Å². The van der Waals surface area contributed by atoms with Crippen LogP contribution in [0.3, 0.4) is 0 Å². The molecule has 1 heterocycles. The van der Waals surface area contributed by atoms with Crippen molar-refractivity contribution in [3.63, 3.8) is 0 Å². The summed E-state index contributed by atoms with van der Waals surface area (Å²) in [5, 5.41) is 14.3. The van der Waals surface area contributed by atoms with Crippen LogP contribution in [0, 0.1) is 6.92 Å². The minimum absolute atomic E-state index is 0.0720. The fraction of sp³-hybridized carbons (Fsp3) is 0.400. The molecule has 1 aromatic heterocycles. The van der Waals surface area contributed by atoms with Gasteiger partial charge in [0.05, 0.1) is 15.3 Å². The van der Waals surface area contributed by atoms with Crippen LogP contribution in [0.1, 0.15) is 26.5 Å². The third-order valence-corrected chi connectivity index (χ3v) is 6.01. The first-order valence-corrected chi connectivity index (χ1v) is 8.11. The minimum Gasteiger partial charge on any atom is -0.504 e. The van der Waals surface area contributed by atoms with Crippen molar-refractivity contribution in [2.45, 2.75) is 37.3 Å². The Morgan fingerprint density at radius 1 is 1.24 bits per heavy atom. The minimum atomic E-state index is -3.44. The largest absolute Gasteiger partial charge is 0.504 e. The van der Waals surface area contributed by atoms with E-state index in [0.717, 1.165) is 0 Å². The lowest BCUT2D eigenvalue weighted by Gasteiger charge is -2.19. The van der Waals surface area contributed by atoms with Crippen LogP contribution in [0.4, 0.5) is 0 Å². The zero-order valence-corrected chi connectivity index (χ0v) is 13.7. The van der Waals surface area contributed by atoms with Crippen LogP contribution < -0.4 is 0 Å². The van der Waals surface area contributed by atoms with E-state index in [1.807, 2.05) is 0 Å². The topological polar surface area (TPSA) is 72.2 Å². The summed E-state index contributed by atoms with van der Waals surface area (Å²) in [6.07, 6.45) is 0. The third-order valence-electron chi connectivity index (χ3n) is 3.53. The summed E-state index contributed by atoms with van der Waals surface area (Å²) in [6, 6.07) is 6.53. The second-order valence-corrected chi connectivity index (χ2v) is 8.75. The average molecular weight is 308 g/mol. The molecule has 0 spiro atoms. The molecule has 0 atom stereocenters. The Kier molecular flexibility index (Phi) is 3.61. The normalized spacial score (nSPS) is 12.6. The summed E-state index contributed by atoms with van der Waals surface area (Å²) in [4.78, 5) is 0.232. The number of aryl methyl sites for hydroxylation is 1. The predicted molar refractivity (Wildman–Crippen MR) is 82.0 cm³/mol. The molecule has 0 saturated carbocycles. The standard InChI is InChI=1S/C15H20N2O3S/c1-10-14(18)13(16-17(10)5)11-7-6-8-12(9-11)21(19,20)15(2,3)4/h6-9,18H,1-5H3. The SMILES string of the molecule is Cc1c(O)c(-c2cccc(S(=O)(=O)C(C)(C)C)c2)nn1C. The van der Waals surface area contributed by atoms with E-state index in [0.29, 0.717) is 17.0 Å².